The maximum atomic E-state index is 11.5. The molecule has 88 valence electrons. The maximum Gasteiger partial charge on any atom is 0.331 e. The van der Waals surface area contributed by atoms with Crippen LogP contribution in [0.3, 0.4) is 0 Å². The van der Waals surface area contributed by atoms with E-state index >= 15 is 0 Å². The van der Waals surface area contributed by atoms with Gasteiger partial charge in [0.25, 0.3) is 0 Å². The Labute approximate surface area is 90.8 Å². The van der Waals surface area contributed by atoms with Crippen LogP contribution in [0.15, 0.2) is 0 Å². The molecule has 0 aromatic rings. The van der Waals surface area contributed by atoms with Gasteiger partial charge < -0.3 is 15.0 Å². The number of esters is 1. The van der Waals surface area contributed by atoms with Crippen LogP contribution in [0.2, 0.25) is 0 Å². The highest BCUT2D eigenvalue weighted by molar-refractivity contribution is 5.86. The molecule has 5 heteroatoms. The molecule has 0 bridgehead atoms. The van der Waals surface area contributed by atoms with Crippen molar-refractivity contribution in [2.24, 2.45) is 0 Å². The van der Waals surface area contributed by atoms with Gasteiger partial charge in [-0.1, -0.05) is 13.3 Å². The molecular formula is C10H20N2O3. The van der Waals surface area contributed by atoms with Crippen molar-refractivity contribution < 1.29 is 14.3 Å². The molecule has 0 saturated carbocycles. The predicted octanol–water partition coefficient (Wildman–Crippen LogP) is 0.989. The van der Waals surface area contributed by atoms with Crippen LogP contribution >= 0.6 is 0 Å². The molecule has 0 aromatic heterocycles. The minimum absolute atomic E-state index is 0.295. The van der Waals surface area contributed by atoms with Crippen LogP contribution in [-0.2, 0) is 9.53 Å². The van der Waals surface area contributed by atoms with E-state index < -0.39 is 11.5 Å². The van der Waals surface area contributed by atoms with Gasteiger partial charge in [0, 0.05) is 14.1 Å². The van der Waals surface area contributed by atoms with Crippen LogP contribution in [0, 0.1) is 0 Å². The second-order valence-electron chi connectivity index (χ2n) is 3.90. The summed E-state index contributed by atoms with van der Waals surface area (Å²) in [7, 11) is 4.57. The molecule has 0 aliphatic rings. The third kappa shape index (κ3) is 3.77. The largest absolute Gasteiger partial charge is 0.467 e. The second kappa shape index (κ2) is 5.58. The van der Waals surface area contributed by atoms with Crippen molar-refractivity contribution >= 4 is 12.0 Å². The minimum Gasteiger partial charge on any atom is -0.467 e. The van der Waals surface area contributed by atoms with Crippen molar-refractivity contribution in [3.63, 3.8) is 0 Å². The Bertz CT molecular complexity index is 241. The number of hydrogen-bond acceptors (Lipinski definition) is 3. The van der Waals surface area contributed by atoms with Crippen LogP contribution in [0.25, 0.3) is 0 Å². The van der Waals surface area contributed by atoms with Crippen molar-refractivity contribution in [2.75, 3.05) is 21.2 Å². The van der Waals surface area contributed by atoms with Crippen molar-refractivity contribution in [2.45, 2.75) is 32.2 Å². The van der Waals surface area contributed by atoms with Gasteiger partial charge in [0.15, 0.2) is 0 Å². The molecule has 1 unspecified atom stereocenters. The standard InChI is InChI=1S/C10H20N2O3/c1-6-7-10(2,8(13)15-5)11-9(14)12(3)4/h6-7H2,1-5H3,(H,11,14). The first-order valence-electron chi connectivity index (χ1n) is 4.95. The highest BCUT2D eigenvalue weighted by atomic mass is 16.5. The number of amides is 2. The maximum absolute atomic E-state index is 11.5. The zero-order valence-electron chi connectivity index (χ0n) is 10.1. The number of carbonyl (C=O) groups excluding carboxylic acids is 2. The molecule has 0 aliphatic heterocycles. The zero-order valence-corrected chi connectivity index (χ0v) is 10.1. The molecule has 0 radical (unpaired) electrons. The molecule has 5 nitrogen and oxygen atoms in total. The normalized spacial score (nSPS) is 13.9. The number of urea groups is 1. The lowest BCUT2D eigenvalue weighted by Gasteiger charge is -2.28. The first-order chi connectivity index (χ1) is 6.87. The van der Waals surface area contributed by atoms with Gasteiger partial charge in [0.05, 0.1) is 7.11 Å². The summed E-state index contributed by atoms with van der Waals surface area (Å²) in [6.07, 6.45) is 1.35. The molecule has 1 atom stereocenters. The third-order valence-corrected chi connectivity index (χ3v) is 2.17. The molecule has 0 aliphatic carbocycles. The first-order valence-corrected chi connectivity index (χ1v) is 4.95. The summed E-state index contributed by atoms with van der Waals surface area (Å²) in [4.78, 5) is 24.4. The molecule has 2 amide bonds. The number of rotatable bonds is 4. The van der Waals surface area contributed by atoms with Gasteiger partial charge in [-0.15, -0.1) is 0 Å². The van der Waals surface area contributed by atoms with E-state index in [0.717, 1.165) is 6.42 Å². The van der Waals surface area contributed by atoms with Crippen molar-refractivity contribution in [3.8, 4) is 0 Å². The van der Waals surface area contributed by atoms with E-state index in [2.05, 4.69) is 10.1 Å². The van der Waals surface area contributed by atoms with Gasteiger partial charge in [-0.25, -0.2) is 9.59 Å². The summed E-state index contributed by atoms with van der Waals surface area (Å²) in [5, 5.41) is 2.66. The molecule has 0 aromatic carbocycles. The van der Waals surface area contributed by atoms with E-state index in [0.29, 0.717) is 6.42 Å². The monoisotopic (exact) mass is 216 g/mol. The number of hydrogen-bond donors (Lipinski definition) is 1. The number of nitrogens with one attached hydrogen (secondary N) is 1. The van der Waals surface area contributed by atoms with Crippen LogP contribution in [-0.4, -0.2) is 43.6 Å². The Balaban J connectivity index is 4.65. The molecular weight excluding hydrogens is 196 g/mol. The highest BCUT2D eigenvalue weighted by Gasteiger charge is 2.35. The van der Waals surface area contributed by atoms with Gasteiger partial charge in [-0.05, 0) is 13.3 Å². The number of carbonyl (C=O) groups is 2. The molecule has 0 rings (SSSR count). The lowest BCUT2D eigenvalue weighted by Crippen LogP contribution is -2.55. The van der Waals surface area contributed by atoms with Crippen LogP contribution in [0.5, 0.6) is 0 Å². The summed E-state index contributed by atoms with van der Waals surface area (Å²) < 4.78 is 4.68. The van der Waals surface area contributed by atoms with E-state index in [1.165, 1.54) is 12.0 Å². The van der Waals surface area contributed by atoms with Crippen molar-refractivity contribution in [3.05, 3.63) is 0 Å². The Morgan fingerprint density at radius 2 is 1.93 bits per heavy atom. The van der Waals surface area contributed by atoms with Gasteiger partial charge >= 0.3 is 12.0 Å². The SMILES string of the molecule is CCCC(C)(NC(=O)N(C)C)C(=O)OC. The van der Waals surface area contributed by atoms with Gasteiger partial charge in [0.1, 0.15) is 5.54 Å². The van der Waals surface area contributed by atoms with Gasteiger partial charge in [0.2, 0.25) is 0 Å². The van der Waals surface area contributed by atoms with Crippen LogP contribution in [0.4, 0.5) is 4.79 Å². The fraction of sp³-hybridized carbons (Fsp3) is 0.800. The quantitative estimate of drug-likeness (QED) is 0.713. The van der Waals surface area contributed by atoms with E-state index in [1.54, 1.807) is 21.0 Å². The number of methoxy groups -OCH3 is 1. The fourth-order valence-electron chi connectivity index (χ4n) is 1.29. The van der Waals surface area contributed by atoms with Gasteiger partial charge in [-0.3, -0.25) is 0 Å². The third-order valence-electron chi connectivity index (χ3n) is 2.17. The lowest BCUT2D eigenvalue weighted by molar-refractivity contribution is -0.147. The zero-order chi connectivity index (χ0) is 12.1. The van der Waals surface area contributed by atoms with Crippen molar-refractivity contribution in [1.29, 1.82) is 0 Å². The first kappa shape index (κ1) is 13.7. The second-order valence-corrected chi connectivity index (χ2v) is 3.90. The summed E-state index contributed by atoms with van der Waals surface area (Å²) >= 11 is 0. The lowest BCUT2D eigenvalue weighted by atomic mass is 9.96. The Morgan fingerprint density at radius 1 is 1.40 bits per heavy atom. The summed E-state index contributed by atoms with van der Waals surface area (Å²) in [5.74, 6) is -0.417. The molecule has 0 spiro atoms. The topological polar surface area (TPSA) is 58.6 Å². The fourth-order valence-corrected chi connectivity index (χ4v) is 1.29. The van der Waals surface area contributed by atoms with Gasteiger partial charge in [-0.2, -0.15) is 0 Å². The minimum atomic E-state index is -0.940. The Hall–Kier alpha value is -1.26. The molecule has 0 saturated heterocycles. The summed E-state index contributed by atoms with van der Waals surface area (Å²) in [5.41, 5.74) is -0.940. The number of nitrogens with zero attached hydrogens (tertiary/aromatic N) is 1. The smallest absolute Gasteiger partial charge is 0.331 e. The van der Waals surface area contributed by atoms with Crippen molar-refractivity contribution in [1.82, 2.24) is 10.2 Å². The summed E-state index contributed by atoms with van der Waals surface area (Å²) in [6, 6.07) is -0.295. The molecule has 15 heavy (non-hydrogen) atoms. The highest BCUT2D eigenvalue weighted by Crippen LogP contribution is 2.14. The van der Waals surface area contributed by atoms with E-state index in [4.69, 9.17) is 0 Å². The van der Waals surface area contributed by atoms with E-state index in [-0.39, 0.29) is 6.03 Å². The molecule has 0 fully saturated rings. The van der Waals surface area contributed by atoms with Crippen LogP contribution < -0.4 is 5.32 Å². The van der Waals surface area contributed by atoms with Crippen LogP contribution in [0.1, 0.15) is 26.7 Å². The average molecular weight is 216 g/mol. The molecule has 0 heterocycles. The predicted molar refractivity (Wildman–Crippen MR) is 57.5 cm³/mol. The number of ether oxygens (including phenoxy) is 1. The van der Waals surface area contributed by atoms with E-state index in [1.807, 2.05) is 6.92 Å². The van der Waals surface area contributed by atoms with E-state index in [9.17, 15) is 9.59 Å². The average Bonchev–Trinajstić information content (AvgIpc) is 2.16. The Morgan fingerprint density at radius 3 is 2.27 bits per heavy atom. The molecule has 1 N–H and O–H groups in total. The Kier molecular flexibility index (Phi) is 5.11. The summed E-state index contributed by atoms with van der Waals surface area (Å²) in [6.45, 7) is 3.62.